The molecule has 6 aliphatic carbocycles. The summed E-state index contributed by atoms with van der Waals surface area (Å²) in [6, 6.07) is 19.7. The summed E-state index contributed by atoms with van der Waals surface area (Å²) in [5, 5.41) is 4.08. The van der Waals surface area contributed by atoms with Crippen LogP contribution in [0, 0.1) is 0 Å². The molecule has 2 atom stereocenters. The molecule has 0 bridgehead atoms. The molecule has 4 fully saturated rings. The molecule has 0 heterocycles. The SMILES string of the molecule is C1=C(P(C2CCCCC2)C2CCCCC2)[CH]([Hf+2][CH]2C(P(C3CCCCC3)C3CCCCC3)=Cc3ccccc32)c2ccccc21.[F-].[F-]. The van der Waals surface area contributed by atoms with E-state index in [4.69, 9.17) is 0 Å². The zero-order chi connectivity index (χ0) is 30.0. The Labute approximate surface area is 298 Å². The summed E-state index contributed by atoms with van der Waals surface area (Å²) in [5.74, 6) is 0. The molecule has 0 nitrogen and oxygen atoms in total. The van der Waals surface area contributed by atoms with E-state index >= 15 is 0 Å². The summed E-state index contributed by atoms with van der Waals surface area (Å²) in [5.41, 5.74) is 10.8. The fraction of sp³-hybridized carbons (Fsp3) is 0.619. The fourth-order valence-corrected chi connectivity index (χ4v) is 29.1. The molecule has 0 radical (unpaired) electrons. The molecule has 2 aromatic rings. The van der Waals surface area contributed by atoms with Gasteiger partial charge in [0.1, 0.15) is 0 Å². The van der Waals surface area contributed by atoms with Gasteiger partial charge < -0.3 is 9.41 Å². The average Bonchev–Trinajstić information content (AvgIpc) is 3.65. The third kappa shape index (κ3) is 7.74. The third-order valence-electron chi connectivity index (χ3n) is 12.6. The summed E-state index contributed by atoms with van der Waals surface area (Å²) in [6.45, 7) is 0. The first-order valence-electron chi connectivity index (χ1n) is 19.3. The van der Waals surface area contributed by atoms with Crippen molar-refractivity contribution in [2.24, 2.45) is 0 Å². The van der Waals surface area contributed by atoms with Crippen LogP contribution in [0.1, 0.15) is 158 Å². The van der Waals surface area contributed by atoms with Crippen molar-refractivity contribution in [1.82, 2.24) is 0 Å². The standard InChI is InChI=1S/2C21H28P.2FH.Hf/c2*1-3-11-19(12-4-1)22(20-13-5-2-6-14-20)21-15-17-9-7-8-10-18(17)16-21;;;/h2*7-10,15-16,19-20H,1-6,11-14H2;2*1H;/q;;;;+2/p-2. The van der Waals surface area contributed by atoms with E-state index in [1.807, 2.05) is 10.6 Å². The molecule has 5 heteroatoms. The van der Waals surface area contributed by atoms with Gasteiger partial charge in [-0.15, -0.1) is 0 Å². The molecule has 0 N–H and O–H groups in total. The van der Waals surface area contributed by atoms with Gasteiger partial charge in [0.25, 0.3) is 0 Å². The Morgan fingerprint density at radius 1 is 0.404 bits per heavy atom. The molecule has 0 spiro atoms. The number of fused-ring (bicyclic) bond motifs is 2. The third-order valence-corrected chi connectivity index (χ3v) is 28.4. The maximum atomic E-state index is 2.84. The van der Waals surface area contributed by atoms with E-state index in [2.05, 4.69) is 60.7 Å². The van der Waals surface area contributed by atoms with Crippen LogP contribution in [0.5, 0.6) is 0 Å². The molecule has 47 heavy (non-hydrogen) atoms. The zero-order valence-electron chi connectivity index (χ0n) is 28.5. The molecule has 0 aromatic heterocycles. The van der Waals surface area contributed by atoms with E-state index in [-0.39, 0.29) is 25.3 Å². The molecule has 0 saturated heterocycles. The van der Waals surface area contributed by atoms with Gasteiger partial charge in [0.15, 0.2) is 0 Å². The Balaban J connectivity index is 0.00000193. The van der Waals surface area contributed by atoms with Crippen LogP contribution in [0.3, 0.4) is 0 Å². The molecule has 2 aromatic carbocycles. The van der Waals surface area contributed by atoms with Gasteiger partial charge in [-0.2, -0.15) is 0 Å². The molecular formula is C42H56F2HfP2. The minimum atomic E-state index is -1.21. The number of halogens is 2. The van der Waals surface area contributed by atoms with Gasteiger partial charge in [-0.3, -0.25) is 0 Å². The Hall–Kier alpha value is -0.490. The molecule has 0 aliphatic heterocycles. The molecule has 8 rings (SSSR count). The Bertz CT molecular complexity index is 1220. The van der Waals surface area contributed by atoms with Crippen molar-refractivity contribution in [3.8, 4) is 0 Å². The topological polar surface area (TPSA) is 0 Å². The van der Waals surface area contributed by atoms with Gasteiger partial charge in [-0.1, -0.05) is 0 Å². The van der Waals surface area contributed by atoms with Crippen molar-refractivity contribution in [1.29, 1.82) is 0 Å². The summed E-state index contributed by atoms with van der Waals surface area (Å²) in [6.07, 6.45) is 35.9. The first kappa shape index (κ1) is 36.3. The largest absolute Gasteiger partial charge is 1.00 e. The monoisotopic (exact) mass is 840 g/mol. The van der Waals surface area contributed by atoms with Crippen LogP contribution in [0.4, 0.5) is 0 Å². The van der Waals surface area contributed by atoms with Crippen LogP contribution in [0.2, 0.25) is 0 Å². The second kappa shape index (κ2) is 17.1. The Morgan fingerprint density at radius 2 is 0.702 bits per heavy atom. The average molecular weight is 839 g/mol. The predicted octanol–water partition coefficient (Wildman–Crippen LogP) is 7.56. The van der Waals surface area contributed by atoms with E-state index in [1.54, 1.807) is 22.3 Å². The van der Waals surface area contributed by atoms with E-state index in [0.29, 0.717) is 0 Å². The van der Waals surface area contributed by atoms with Crippen molar-refractivity contribution in [3.05, 3.63) is 81.4 Å². The van der Waals surface area contributed by atoms with Gasteiger partial charge in [-0.25, -0.2) is 0 Å². The van der Waals surface area contributed by atoms with Crippen LogP contribution < -0.4 is 9.41 Å². The molecule has 2 unspecified atom stereocenters. The number of rotatable bonds is 8. The smallest absolute Gasteiger partial charge is 1.00 e. The number of allylic oxidation sites excluding steroid dienone is 2. The molecule has 4 saturated carbocycles. The molecular weight excluding hydrogens is 783 g/mol. The normalized spacial score (nSPS) is 25.7. The van der Waals surface area contributed by atoms with Gasteiger partial charge in [0.2, 0.25) is 0 Å². The van der Waals surface area contributed by atoms with Crippen LogP contribution in [-0.2, 0) is 22.9 Å². The minimum absolute atomic E-state index is 0. The van der Waals surface area contributed by atoms with Crippen molar-refractivity contribution in [2.45, 2.75) is 158 Å². The van der Waals surface area contributed by atoms with E-state index < -0.39 is 22.9 Å². The van der Waals surface area contributed by atoms with Crippen molar-refractivity contribution in [3.63, 3.8) is 0 Å². The van der Waals surface area contributed by atoms with Crippen LogP contribution >= 0.6 is 15.8 Å². The maximum absolute atomic E-state index is 2.84. The zero-order valence-corrected chi connectivity index (χ0v) is 33.9. The second-order valence-corrected chi connectivity index (χ2v) is 26.3. The summed E-state index contributed by atoms with van der Waals surface area (Å²) in [4.78, 5) is 0. The molecule has 0 amide bonds. The van der Waals surface area contributed by atoms with Gasteiger partial charge in [0.05, 0.1) is 0 Å². The van der Waals surface area contributed by atoms with Crippen LogP contribution in [-0.4, -0.2) is 22.6 Å². The minimum Gasteiger partial charge on any atom is -1.00 e. The van der Waals surface area contributed by atoms with E-state index in [1.165, 1.54) is 128 Å². The van der Waals surface area contributed by atoms with Gasteiger partial charge >= 0.3 is 291 Å². The Kier molecular flexibility index (Phi) is 13.2. The first-order valence-corrected chi connectivity index (χ1v) is 26.4. The summed E-state index contributed by atoms with van der Waals surface area (Å²) >= 11 is -1.21. The number of benzene rings is 2. The predicted molar refractivity (Wildman–Crippen MR) is 196 cm³/mol. The van der Waals surface area contributed by atoms with Crippen molar-refractivity contribution in [2.75, 3.05) is 0 Å². The Morgan fingerprint density at radius 3 is 1.02 bits per heavy atom. The van der Waals surface area contributed by atoms with E-state index in [9.17, 15) is 0 Å². The maximum Gasteiger partial charge on any atom is -1.00 e. The van der Waals surface area contributed by atoms with Crippen LogP contribution in [0.15, 0.2) is 59.2 Å². The van der Waals surface area contributed by atoms with Crippen LogP contribution in [0.25, 0.3) is 12.2 Å². The quantitative estimate of drug-likeness (QED) is 0.190. The van der Waals surface area contributed by atoms with Crippen molar-refractivity contribution >= 4 is 28.0 Å². The van der Waals surface area contributed by atoms with Gasteiger partial charge in [0, 0.05) is 0 Å². The van der Waals surface area contributed by atoms with Crippen molar-refractivity contribution < 1.29 is 32.3 Å². The van der Waals surface area contributed by atoms with E-state index in [0.717, 1.165) is 30.0 Å². The summed E-state index contributed by atoms with van der Waals surface area (Å²) in [7, 11) is -0.0592. The molecule has 252 valence electrons. The first-order chi connectivity index (χ1) is 22.3. The second-order valence-electron chi connectivity index (χ2n) is 15.4. The molecule has 6 aliphatic rings. The fourth-order valence-electron chi connectivity index (χ4n) is 10.5. The number of hydrogen-bond acceptors (Lipinski definition) is 0. The van der Waals surface area contributed by atoms with Gasteiger partial charge in [-0.05, 0) is 0 Å². The number of hydrogen-bond donors (Lipinski definition) is 0. The summed E-state index contributed by atoms with van der Waals surface area (Å²) < 4.78 is 1.65.